The molecule has 0 spiro atoms. The van der Waals surface area contributed by atoms with Gasteiger partial charge in [-0.15, -0.1) is 0 Å². The summed E-state index contributed by atoms with van der Waals surface area (Å²) in [5.41, 5.74) is 0.776. The molecule has 2 rings (SSSR count). The van der Waals surface area contributed by atoms with Crippen molar-refractivity contribution in [3.05, 3.63) is 50.6 Å². The fourth-order valence-electron chi connectivity index (χ4n) is 1.62. The van der Waals surface area contributed by atoms with Crippen molar-refractivity contribution in [3.63, 3.8) is 0 Å². The molecule has 1 heterocycles. The summed E-state index contributed by atoms with van der Waals surface area (Å²) >= 11 is 18.2. The van der Waals surface area contributed by atoms with Crippen molar-refractivity contribution in [2.45, 2.75) is 26.4 Å². The molecule has 1 aromatic carbocycles. The third-order valence-corrected chi connectivity index (χ3v) is 3.86. The van der Waals surface area contributed by atoms with E-state index in [0.717, 1.165) is 17.7 Å². The molecule has 3 nitrogen and oxygen atoms in total. The van der Waals surface area contributed by atoms with Gasteiger partial charge in [0.25, 0.3) is 0 Å². The number of hydrogen-bond donors (Lipinski definition) is 1. The second-order valence-electron chi connectivity index (χ2n) is 4.00. The van der Waals surface area contributed by atoms with Crippen LogP contribution in [0.2, 0.25) is 15.1 Å². The van der Waals surface area contributed by atoms with Gasteiger partial charge < -0.3 is 9.73 Å². The number of halogens is 3. The van der Waals surface area contributed by atoms with E-state index in [9.17, 15) is 0 Å². The molecule has 0 saturated carbocycles. The summed E-state index contributed by atoms with van der Waals surface area (Å²) in [5, 5.41) is 4.74. The maximum Gasteiger partial charge on any atom is 0.208 e. The average molecular weight is 320 g/mol. The predicted molar refractivity (Wildman–Crippen MR) is 77.9 cm³/mol. The largest absolute Gasteiger partial charge is 0.444 e. The highest BCUT2D eigenvalue weighted by atomic mass is 35.5. The van der Waals surface area contributed by atoms with Crippen molar-refractivity contribution in [2.24, 2.45) is 0 Å². The van der Waals surface area contributed by atoms with E-state index in [-0.39, 0.29) is 0 Å². The Morgan fingerprint density at radius 2 is 1.89 bits per heavy atom. The van der Waals surface area contributed by atoms with Crippen molar-refractivity contribution in [2.75, 3.05) is 0 Å². The number of nitrogens with zero attached hydrogens (tertiary/aromatic N) is 1. The Hall–Kier alpha value is -0.740. The van der Waals surface area contributed by atoms with E-state index < -0.39 is 0 Å². The fourth-order valence-corrected chi connectivity index (χ4v) is 2.30. The zero-order valence-electron chi connectivity index (χ0n) is 10.3. The maximum absolute atomic E-state index is 6.11. The molecule has 0 saturated heterocycles. The molecule has 102 valence electrons. The molecule has 0 atom stereocenters. The van der Waals surface area contributed by atoms with Crippen LogP contribution in [0.4, 0.5) is 0 Å². The highest BCUT2D eigenvalue weighted by Gasteiger charge is 2.10. The van der Waals surface area contributed by atoms with Gasteiger partial charge in [-0.2, -0.15) is 0 Å². The second-order valence-corrected chi connectivity index (χ2v) is 5.19. The van der Waals surface area contributed by atoms with Gasteiger partial charge >= 0.3 is 0 Å². The molecule has 0 radical (unpaired) electrons. The molecule has 2 aromatic rings. The topological polar surface area (TPSA) is 38.1 Å². The number of hydrogen-bond acceptors (Lipinski definition) is 3. The smallest absolute Gasteiger partial charge is 0.208 e. The Labute approximate surface area is 126 Å². The van der Waals surface area contributed by atoms with Crippen LogP contribution in [0.25, 0.3) is 0 Å². The minimum absolute atomic E-state index is 0.475. The molecule has 0 aliphatic carbocycles. The van der Waals surface area contributed by atoms with Crippen LogP contribution in [-0.2, 0) is 19.5 Å². The number of rotatable bonds is 5. The summed E-state index contributed by atoms with van der Waals surface area (Å²) in [6.07, 6.45) is 2.56. The first-order valence-electron chi connectivity index (χ1n) is 5.88. The van der Waals surface area contributed by atoms with E-state index in [1.165, 1.54) is 0 Å². The van der Waals surface area contributed by atoms with Crippen molar-refractivity contribution in [3.8, 4) is 0 Å². The van der Waals surface area contributed by atoms with Gasteiger partial charge in [0, 0.05) is 23.6 Å². The normalized spacial score (nSPS) is 10.9. The SMILES string of the molecule is CCc1cnc(CNCc2c(Cl)ccc(Cl)c2Cl)o1. The Morgan fingerprint density at radius 1 is 1.16 bits per heavy atom. The zero-order valence-corrected chi connectivity index (χ0v) is 12.6. The van der Waals surface area contributed by atoms with Gasteiger partial charge in [0.05, 0.1) is 22.8 Å². The Balaban J connectivity index is 1.97. The number of nitrogens with one attached hydrogen (secondary N) is 1. The average Bonchev–Trinajstić information content (AvgIpc) is 2.86. The van der Waals surface area contributed by atoms with Gasteiger partial charge in [-0.1, -0.05) is 41.7 Å². The standard InChI is InChI=1S/C13H13Cl3N2O/c1-2-8-5-18-12(19-8)7-17-6-9-10(14)3-4-11(15)13(9)16/h3-5,17H,2,6-7H2,1H3. The lowest BCUT2D eigenvalue weighted by Gasteiger charge is -2.08. The van der Waals surface area contributed by atoms with Crippen molar-refractivity contribution in [1.29, 1.82) is 0 Å². The summed E-state index contributed by atoms with van der Waals surface area (Å²) in [6, 6.07) is 3.41. The van der Waals surface area contributed by atoms with E-state index in [1.807, 2.05) is 6.92 Å². The van der Waals surface area contributed by atoms with Gasteiger partial charge in [-0.05, 0) is 12.1 Å². The van der Waals surface area contributed by atoms with Crippen LogP contribution in [0.5, 0.6) is 0 Å². The number of aromatic nitrogens is 1. The van der Waals surface area contributed by atoms with E-state index in [0.29, 0.717) is 34.0 Å². The van der Waals surface area contributed by atoms with E-state index in [2.05, 4.69) is 10.3 Å². The first kappa shape index (κ1) is 14.7. The first-order valence-corrected chi connectivity index (χ1v) is 7.02. The molecule has 19 heavy (non-hydrogen) atoms. The highest BCUT2D eigenvalue weighted by Crippen LogP contribution is 2.31. The molecular formula is C13H13Cl3N2O. The molecule has 1 aromatic heterocycles. The Bertz CT molecular complexity index is 569. The van der Waals surface area contributed by atoms with Gasteiger partial charge in [0.2, 0.25) is 5.89 Å². The summed E-state index contributed by atoms with van der Waals surface area (Å²) in [5.74, 6) is 1.52. The van der Waals surface area contributed by atoms with Crippen molar-refractivity contribution in [1.82, 2.24) is 10.3 Å². The lowest BCUT2D eigenvalue weighted by atomic mass is 10.2. The quantitative estimate of drug-likeness (QED) is 0.825. The second kappa shape index (κ2) is 6.62. The van der Waals surface area contributed by atoms with Crippen LogP contribution in [0.3, 0.4) is 0 Å². The molecule has 1 N–H and O–H groups in total. The number of aryl methyl sites for hydroxylation is 1. The minimum atomic E-state index is 0.475. The highest BCUT2D eigenvalue weighted by molar-refractivity contribution is 6.44. The zero-order chi connectivity index (χ0) is 13.8. The molecule has 0 aliphatic heterocycles. The van der Waals surface area contributed by atoms with Gasteiger partial charge in [0.1, 0.15) is 5.76 Å². The summed E-state index contributed by atoms with van der Waals surface area (Å²) in [6.45, 7) is 3.03. The van der Waals surface area contributed by atoms with E-state index in [4.69, 9.17) is 39.2 Å². The van der Waals surface area contributed by atoms with Crippen LogP contribution < -0.4 is 5.32 Å². The first-order chi connectivity index (χ1) is 9.11. The van der Waals surface area contributed by atoms with Crippen LogP contribution in [-0.4, -0.2) is 4.98 Å². The third-order valence-electron chi connectivity index (χ3n) is 2.67. The lowest BCUT2D eigenvalue weighted by molar-refractivity contribution is 0.439. The summed E-state index contributed by atoms with van der Waals surface area (Å²) < 4.78 is 5.49. The third kappa shape index (κ3) is 3.63. The molecule has 0 fully saturated rings. The van der Waals surface area contributed by atoms with Crippen LogP contribution in [0, 0.1) is 0 Å². The van der Waals surface area contributed by atoms with Crippen LogP contribution in [0.1, 0.15) is 24.1 Å². The maximum atomic E-state index is 6.11. The van der Waals surface area contributed by atoms with E-state index in [1.54, 1.807) is 18.3 Å². The summed E-state index contributed by atoms with van der Waals surface area (Å²) in [7, 11) is 0. The van der Waals surface area contributed by atoms with Crippen molar-refractivity contribution < 1.29 is 4.42 Å². The van der Waals surface area contributed by atoms with Crippen LogP contribution in [0.15, 0.2) is 22.7 Å². The monoisotopic (exact) mass is 318 g/mol. The van der Waals surface area contributed by atoms with E-state index >= 15 is 0 Å². The number of oxazole rings is 1. The van der Waals surface area contributed by atoms with Crippen molar-refractivity contribution >= 4 is 34.8 Å². The Kier molecular flexibility index (Phi) is 5.11. The molecule has 0 amide bonds. The predicted octanol–water partition coefficient (Wildman–Crippen LogP) is 4.49. The fraction of sp³-hybridized carbons (Fsp3) is 0.308. The number of benzene rings is 1. The Morgan fingerprint density at radius 3 is 2.58 bits per heavy atom. The van der Waals surface area contributed by atoms with Gasteiger partial charge in [0.15, 0.2) is 0 Å². The molecule has 0 aliphatic rings. The minimum Gasteiger partial charge on any atom is -0.444 e. The molecule has 6 heteroatoms. The van der Waals surface area contributed by atoms with Gasteiger partial charge in [-0.25, -0.2) is 4.98 Å². The molecule has 0 unspecified atom stereocenters. The summed E-state index contributed by atoms with van der Waals surface area (Å²) in [4.78, 5) is 4.16. The van der Waals surface area contributed by atoms with Crippen LogP contribution >= 0.6 is 34.8 Å². The molecular weight excluding hydrogens is 307 g/mol. The lowest BCUT2D eigenvalue weighted by Crippen LogP contribution is -2.13. The van der Waals surface area contributed by atoms with Gasteiger partial charge in [-0.3, -0.25) is 0 Å². The molecule has 0 bridgehead atoms.